The average Bonchev–Trinajstić information content (AvgIpc) is 2.69. The number of pyridine rings is 1. The topological polar surface area (TPSA) is 91.3 Å². The second-order valence-electron chi connectivity index (χ2n) is 7.20. The third-order valence-corrected chi connectivity index (χ3v) is 5.20. The Morgan fingerprint density at radius 1 is 1.00 bits per heavy atom. The molecule has 8 heteroatoms. The minimum absolute atomic E-state index is 0.642. The maximum absolute atomic E-state index is 9.50. The van der Waals surface area contributed by atoms with Crippen LogP contribution in [0.3, 0.4) is 0 Å². The van der Waals surface area contributed by atoms with Gasteiger partial charge in [-0.1, -0.05) is 0 Å². The lowest BCUT2D eigenvalue weighted by Gasteiger charge is -2.27. The van der Waals surface area contributed by atoms with E-state index in [4.69, 9.17) is 0 Å². The zero-order valence-corrected chi connectivity index (χ0v) is 16.4. The monoisotopic (exact) mass is 372 g/mol. The molecule has 0 amide bonds. The number of rotatable bonds is 8. The van der Waals surface area contributed by atoms with Gasteiger partial charge in [0.05, 0.1) is 5.56 Å². The van der Waals surface area contributed by atoms with E-state index < -0.39 is 0 Å². The van der Waals surface area contributed by atoms with E-state index in [0.717, 1.165) is 89.9 Å². The molecule has 0 bridgehead atoms. The zero-order valence-electron chi connectivity index (χ0n) is 16.4. The Labute approximate surface area is 162 Å². The SMILES string of the molecule is Cc1cc(NCCN2CCNCC2)nc(NCCN2CCNCC2)c1C#N. The summed E-state index contributed by atoms with van der Waals surface area (Å²) < 4.78 is 0. The molecule has 0 aliphatic carbocycles. The van der Waals surface area contributed by atoms with E-state index in [1.54, 1.807) is 0 Å². The van der Waals surface area contributed by atoms with E-state index in [-0.39, 0.29) is 0 Å². The number of hydrogen-bond donors (Lipinski definition) is 4. The molecule has 148 valence electrons. The van der Waals surface area contributed by atoms with Crippen molar-refractivity contribution in [1.29, 1.82) is 5.26 Å². The predicted molar refractivity (Wildman–Crippen MR) is 109 cm³/mol. The molecule has 2 fully saturated rings. The summed E-state index contributed by atoms with van der Waals surface area (Å²) in [5, 5.41) is 23.0. The average molecular weight is 373 g/mol. The molecule has 0 saturated carbocycles. The summed E-state index contributed by atoms with van der Waals surface area (Å²) >= 11 is 0. The Hall–Kier alpha value is -1.92. The van der Waals surface area contributed by atoms with Gasteiger partial charge in [0.2, 0.25) is 0 Å². The lowest BCUT2D eigenvalue weighted by Crippen LogP contribution is -2.45. The van der Waals surface area contributed by atoms with Gasteiger partial charge in [0.25, 0.3) is 0 Å². The molecule has 4 N–H and O–H groups in total. The molecule has 3 heterocycles. The van der Waals surface area contributed by atoms with Gasteiger partial charge in [-0.15, -0.1) is 0 Å². The molecular weight excluding hydrogens is 340 g/mol. The molecule has 2 saturated heterocycles. The Kier molecular flexibility index (Phi) is 7.66. The van der Waals surface area contributed by atoms with E-state index >= 15 is 0 Å². The third-order valence-electron chi connectivity index (χ3n) is 5.20. The van der Waals surface area contributed by atoms with Crippen molar-refractivity contribution in [2.45, 2.75) is 6.92 Å². The number of aromatic nitrogens is 1. The first-order valence-electron chi connectivity index (χ1n) is 10.0. The minimum Gasteiger partial charge on any atom is -0.369 e. The number of nitrogens with zero attached hydrogens (tertiary/aromatic N) is 4. The van der Waals surface area contributed by atoms with Crippen molar-refractivity contribution in [1.82, 2.24) is 25.4 Å². The van der Waals surface area contributed by atoms with Crippen molar-refractivity contribution in [2.75, 3.05) is 89.2 Å². The zero-order chi connectivity index (χ0) is 18.9. The normalized spacial score (nSPS) is 18.8. The summed E-state index contributed by atoms with van der Waals surface area (Å²) in [5.41, 5.74) is 1.60. The molecule has 2 aliphatic heterocycles. The number of nitrogens with one attached hydrogen (secondary N) is 4. The van der Waals surface area contributed by atoms with E-state index in [0.29, 0.717) is 11.4 Å². The molecule has 3 rings (SSSR count). The van der Waals surface area contributed by atoms with Gasteiger partial charge in [0.1, 0.15) is 17.7 Å². The van der Waals surface area contributed by atoms with Gasteiger partial charge in [0, 0.05) is 78.5 Å². The fourth-order valence-electron chi connectivity index (χ4n) is 3.58. The maximum atomic E-state index is 9.50. The van der Waals surface area contributed by atoms with E-state index in [9.17, 15) is 5.26 Å². The van der Waals surface area contributed by atoms with Crippen molar-refractivity contribution < 1.29 is 0 Å². The van der Waals surface area contributed by atoms with E-state index in [2.05, 4.69) is 42.1 Å². The summed E-state index contributed by atoms with van der Waals surface area (Å²) in [7, 11) is 0. The molecule has 27 heavy (non-hydrogen) atoms. The van der Waals surface area contributed by atoms with Crippen molar-refractivity contribution in [3.05, 3.63) is 17.2 Å². The lowest BCUT2D eigenvalue weighted by atomic mass is 10.1. The number of aryl methyl sites for hydroxylation is 1. The predicted octanol–water partition coefficient (Wildman–Crippen LogP) is -0.104. The molecule has 8 nitrogen and oxygen atoms in total. The summed E-state index contributed by atoms with van der Waals surface area (Å²) in [6.07, 6.45) is 0. The highest BCUT2D eigenvalue weighted by molar-refractivity contribution is 5.60. The fourth-order valence-corrected chi connectivity index (χ4v) is 3.58. The van der Waals surface area contributed by atoms with Crippen LogP contribution in [0, 0.1) is 18.3 Å². The minimum atomic E-state index is 0.642. The molecule has 0 aromatic carbocycles. The van der Waals surface area contributed by atoms with Crippen LogP contribution in [0.4, 0.5) is 11.6 Å². The highest BCUT2D eigenvalue weighted by Gasteiger charge is 2.13. The third kappa shape index (κ3) is 6.04. The summed E-state index contributed by atoms with van der Waals surface area (Å²) in [6.45, 7) is 14.2. The Morgan fingerprint density at radius 3 is 2.11 bits per heavy atom. The first-order valence-corrected chi connectivity index (χ1v) is 10.0. The highest BCUT2D eigenvalue weighted by atomic mass is 15.2. The number of nitriles is 1. The van der Waals surface area contributed by atoms with Gasteiger partial charge in [-0.2, -0.15) is 5.26 Å². The van der Waals surface area contributed by atoms with Gasteiger partial charge in [-0.25, -0.2) is 4.98 Å². The second-order valence-corrected chi connectivity index (χ2v) is 7.20. The van der Waals surface area contributed by atoms with Gasteiger partial charge in [0.15, 0.2) is 0 Å². The lowest BCUT2D eigenvalue weighted by molar-refractivity contribution is 0.249. The van der Waals surface area contributed by atoms with Crippen molar-refractivity contribution in [3.8, 4) is 6.07 Å². The molecule has 0 radical (unpaired) electrons. The smallest absolute Gasteiger partial charge is 0.146 e. The van der Waals surface area contributed by atoms with E-state index in [1.165, 1.54) is 0 Å². The van der Waals surface area contributed by atoms with Crippen LogP contribution in [0.5, 0.6) is 0 Å². The van der Waals surface area contributed by atoms with Crippen LogP contribution < -0.4 is 21.3 Å². The van der Waals surface area contributed by atoms with Gasteiger partial charge >= 0.3 is 0 Å². The fraction of sp³-hybridized carbons (Fsp3) is 0.684. The van der Waals surface area contributed by atoms with Crippen LogP contribution in [0.1, 0.15) is 11.1 Å². The largest absolute Gasteiger partial charge is 0.369 e. The van der Waals surface area contributed by atoms with Crippen molar-refractivity contribution in [3.63, 3.8) is 0 Å². The number of hydrogen-bond acceptors (Lipinski definition) is 8. The van der Waals surface area contributed by atoms with Crippen LogP contribution in [0.15, 0.2) is 6.07 Å². The Bertz CT molecular complexity index is 629. The second kappa shape index (κ2) is 10.4. The molecule has 0 unspecified atom stereocenters. The molecule has 0 spiro atoms. The number of piperazine rings is 2. The summed E-state index contributed by atoms with van der Waals surface area (Å²) in [5.74, 6) is 1.53. The quantitative estimate of drug-likeness (QED) is 0.503. The van der Waals surface area contributed by atoms with Crippen molar-refractivity contribution >= 4 is 11.6 Å². The van der Waals surface area contributed by atoms with Crippen LogP contribution >= 0.6 is 0 Å². The molecule has 0 atom stereocenters. The van der Waals surface area contributed by atoms with Crippen molar-refractivity contribution in [2.24, 2.45) is 0 Å². The Balaban J connectivity index is 1.52. The Morgan fingerprint density at radius 2 is 1.56 bits per heavy atom. The molecular formula is C19H32N8. The van der Waals surface area contributed by atoms with Gasteiger partial charge in [-0.05, 0) is 18.6 Å². The van der Waals surface area contributed by atoms with Crippen LogP contribution in [-0.2, 0) is 0 Å². The van der Waals surface area contributed by atoms with Gasteiger partial charge in [-0.3, -0.25) is 9.80 Å². The van der Waals surface area contributed by atoms with Crippen LogP contribution in [0.2, 0.25) is 0 Å². The summed E-state index contributed by atoms with van der Waals surface area (Å²) in [6, 6.07) is 4.27. The van der Waals surface area contributed by atoms with Crippen LogP contribution in [-0.4, -0.2) is 93.3 Å². The molecule has 2 aliphatic rings. The molecule has 1 aromatic heterocycles. The van der Waals surface area contributed by atoms with Crippen LogP contribution in [0.25, 0.3) is 0 Å². The highest BCUT2D eigenvalue weighted by Crippen LogP contribution is 2.20. The summed E-state index contributed by atoms with van der Waals surface area (Å²) in [4.78, 5) is 9.54. The number of anilines is 2. The first kappa shape index (κ1) is 19.8. The maximum Gasteiger partial charge on any atom is 0.146 e. The molecule has 1 aromatic rings. The van der Waals surface area contributed by atoms with Gasteiger partial charge < -0.3 is 21.3 Å². The standard InChI is InChI=1S/C19H32N8/c1-16-14-18(23-6-12-26-8-2-21-3-9-26)25-19(17(16)15-20)24-7-13-27-10-4-22-5-11-27/h14,21-22H,2-13H2,1H3,(H2,23,24,25). The first-order chi connectivity index (χ1) is 13.3. The van der Waals surface area contributed by atoms with E-state index in [1.807, 2.05) is 13.0 Å².